The smallest absolute Gasteiger partial charge is 0.410 e. The summed E-state index contributed by atoms with van der Waals surface area (Å²) in [6, 6.07) is 13.9. The van der Waals surface area contributed by atoms with Gasteiger partial charge in [0.15, 0.2) is 11.6 Å². The summed E-state index contributed by atoms with van der Waals surface area (Å²) in [6.07, 6.45) is 5.62. The molecular formula is C23H23F2NO2. The number of piperidine rings is 1. The normalized spacial score (nSPS) is 21.2. The Bertz CT molecular complexity index is 881. The minimum absolute atomic E-state index is 0.0395. The van der Waals surface area contributed by atoms with E-state index in [1.54, 1.807) is 6.07 Å². The number of carbonyl (C=O) groups excluding carboxylic acids is 1. The first kappa shape index (κ1) is 18.7. The van der Waals surface area contributed by atoms with Gasteiger partial charge in [-0.1, -0.05) is 54.1 Å². The van der Waals surface area contributed by atoms with E-state index < -0.39 is 11.6 Å². The molecule has 146 valence electrons. The third-order valence-corrected chi connectivity index (χ3v) is 5.58. The van der Waals surface area contributed by atoms with Gasteiger partial charge in [-0.2, -0.15) is 0 Å². The van der Waals surface area contributed by atoms with Gasteiger partial charge < -0.3 is 4.74 Å². The average molecular weight is 383 g/mol. The predicted molar refractivity (Wildman–Crippen MR) is 103 cm³/mol. The summed E-state index contributed by atoms with van der Waals surface area (Å²) in [7, 11) is 0. The van der Waals surface area contributed by atoms with Crippen LogP contribution < -0.4 is 0 Å². The number of halogens is 2. The molecule has 2 unspecified atom stereocenters. The summed E-state index contributed by atoms with van der Waals surface area (Å²) in [6.45, 7) is 0.251. The van der Waals surface area contributed by atoms with Crippen molar-refractivity contribution in [3.05, 3.63) is 82.9 Å². The molecule has 0 N–H and O–H groups in total. The number of hydrogen-bond donors (Lipinski definition) is 0. The van der Waals surface area contributed by atoms with Gasteiger partial charge >= 0.3 is 6.09 Å². The van der Waals surface area contributed by atoms with E-state index in [0.717, 1.165) is 36.5 Å². The third kappa shape index (κ3) is 3.93. The average Bonchev–Trinajstić information content (AvgIpc) is 2.70. The fourth-order valence-corrected chi connectivity index (χ4v) is 4.26. The minimum Gasteiger partial charge on any atom is -0.445 e. The lowest BCUT2D eigenvalue weighted by molar-refractivity contribution is 0.0481. The topological polar surface area (TPSA) is 29.5 Å². The highest BCUT2D eigenvalue weighted by Gasteiger charge is 2.38. The molecule has 1 saturated heterocycles. The summed E-state index contributed by atoms with van der Waals surface area (Å²) >= 11 is 0. The molecule has 2 aromatic rings. The first-order chi connectivity index (χ1) is 13.6. The van der Waals surface area contributed by atoms with Gasteiger partial charge in [0.2, 0.25) is 0 Å². The Kier molecular flexibility index (Phi) is 5.42. The van der Waals surface area contributed by atoms with Crippen LogP contribution in [-0.4, -0.2) is 23.1 Å². The molecule has 1 amide bonds. The number of nitrogens with zero attached hydrogens (tertiary/aromatic N) is 1. The molecule has 0 aliphatic carbocycles. The van der Waals surface area contributed by atoms with Crippen molar-refractivity contribution in [2.24, 2.45) is 0 Å². The van der Waals surface area contributed by atoms with E-state index in [1.165, 1.54) is 6.07 Å². The van der Waals surface area contributed by atoms with Crippen molar-refractivity contribution in [2.45, 2.75) is 50.8 Å². The Morgan fingerprint density at radius 2 is 1.89 bits per heavy atom. The Morgan fingerprint density at radius 3 is 2.68 bits per heavy atom. The van der Waals surface area contributed by atoms with Gasteiger partial charge in [-0.05, 0) is 49.3 Å². The van der Waals surface area contributed by atoms with Crippen molar-refractivity contribution in [2.75, 3.05) is 0 Å². The quantitative estimate of drug-likeness (QED) is 0.662. The van der Waals surface area contributed by atoms with Crippen LogP contribution in [0.15, 0.2) is 60.2 Å². The molecule has 0 aromatic heterocycles. The maximum absolute atomic E-state index is 14.0. The van der Waals surface area contributed by atoms with Gasteiger partial charge in [0, 0.05) is 6.04 Å². The van der Waals surface area contributed by atoms with Crippen LogP contribution in [0.1, 0.15) is 36.8 Å². The Balaban J connectivity index is 1.46. The zero-order valence-corrected chi connectivity index (χ0v) is 15.6. The van der Waals surface area contributed by atoms with Crippen LogP contribution in [0.5, 0.6) is 0 Å². The summed E-state index contributed by atoms with van der Waals surface area (Å²) < 4.78 is 33.1. The van der Waals surface area contributed by atoms with E-state index in [2.05, 4.69) is 0 Å². The van der Waals surface area contributed by atoms with Crippen molar-refractivity contribution in [3.8, 4) is 0 Å². The Labute approximate surface area is 163 Å². The van der Waals surface area contributed by atoms with Crippen LogP contribution in [0, 0.1) is 11.6 Å². The van der Waals surface area contributed by atoms with Gasteiger partial charge in [0.1, 0.15) is 6.61 Å². The molecule has 28 heavy (non-hydrogen) atoms. The van der Waals surface area contributed by atoms with E-state index in [-0.39, 0.29) is 24.8 Å². The van der Waals surface area contributed by atoms with Crippen molar-refractivity contribution in [1.29, 1.82) is 0 Å². The zero-order chi connectivity index (χ0) is 19.5. The molecule has 3 nitrogen and oxygen atoms in total. The number of fused-ring (bicyclic) bond motifs is 2. The molecular weight excluding hydrogens is 360 g/mol. The van der Waals surface area contributed by atoms with E-state index in [4.69, 9.17) is 4.74 Å². The van der Waals surface area contributed by atoms with Crippen molar-refractivity contribution >= 4 is 6.09 Å². The number of ether oxygens (including phenoxy) is 1. The molecule has 2 heterocycles. The molecule has 2 bridgehead atoms. The van der Waals surface area contributed by atoms with Crippen LogP contribution in [0.2, 0.25) is 0 Å². The standard InChI is InChI=1S/C23H23F2NO2/c24-21-11-4-8-18(22(21)25)12-17-13-19-9-5-10-20(14-17)26(19)23(27)28-15-16-6-2-1-3-7-16/h1-4,6-8,11,13,19-20H,5,9-10,12,14-15H2. The van der Waals surface area contributed by atoms with Crippen molar-refractivity contribution < 1.29 is 18.3 Å². The van der Waals surface area contributed by atoms with Gasteiger partial charge in [-0.3, -0.25) is 4.90 Å². The fraction of sp³-hybridized carbons (Fsp3) is 0.348. The lowest BCUT2D eigenvalue weighted by atomic mass is 9.83. The largest absolute Gasteiger partial charge is 0.445 e. The van der Waals surface area contributed by atoms with Crippen LogP contribution in [0.3, 0.4) is 0 Å². The monoisotopic (exact) mass is 383 g/mol. The molecule has 0 saturated carbocycles. The van der Waals surface area contributed by atoms with Gasteiger partial charge in [0.05, 0.1) is 6.04 Å². The molecule has 2 aliphatic heterocycles. The summed E-state index contributed by atoms with van der Waals surface area (Å²) in [5.41, 5.74) is 2.38. The highest BCUT2D eigenvalue weighted by molar-refractivity contribution is 5.69. The first-order valence-electron chi connectivity index (χ1n) is 9.73. The van der Waals surface area contributed by atoms with Gasteiger partial charge in [-0.25, -0.2) is 13.6 Å². The van der Waals surface area contributed by atoms with E-state index in [0.29, 0.717) is 18.4 Å². The van der Waals surface area contributed by atoms with E-state index in [9.17, 15) is 13.6 Å². The second kappa shape index (κ2) is 8.13. The van der Waals surface area contributed by atoms with Crippen LogP contribution in [0.25, 0.3) is 0 Å². The maximum atomic E-state index is 14.0. The third-order valence-electron chi connectivity index (χ3n) is 5.58. The molecule has 2 atom stereocenters. The highest BCUT2D eigenvalue weighted by atomic mass is 19.2. The number of rotatable bonds is 4. The second-order valence-corrected chi connectivity index (χ2v) is 7.52. The predicted octanol–water partition coefficient (Wildman–Crippen LogP) is 5.40. The van der Waals surface area contributed by atoms with Crippen LogP contribution >= 0.6 is 0 Å². The molecule has 1 fully saturated rings. The van der Waals surface area contributed by atoms with Gasteiger partial charge in [-0.15, -0.1) is 0 Å². The SMILES string of the molecule is O=C(OCc1ccccc1)N1C2C=C(Cc3cccc(F)c3F)CC1CCC2. The van der Waals surface area contributed by atoms with Crippen molar-refractivity contribution in [1.82, 2.24) is 4.90 Å². The fourth-order valence-electron chi connectivity index (χ4n) is 4.26. The molecule has 5 heteroatoms. The Morgan fingerprint density at radius 1 is 1.07 bits per heavy atom. The zero-order valence-electron chi connectivity index (χ0n) is 15.6. The summed E-state index contributed by atoms with van der Waals surface area (Å²) in [5.74, 6) is -1.60. The molecule has 2 aliphatic rings. The van der Waals surface area contributed by atoms with E-state index in [1.807, 2.05) is 41.3 Å². The van der Waals surface area contributed by atoms with Crippen molar-refractivity contribution in [3.63, 3.8) is 0 Å². The molecule has 0 spiro atoms. The number of hydrogen-bond acceptors (Lipinski definition) is 2. The highest BCUT2D eigenvalue weighted by Crippen LogP contribution is 2.35. The maximum Gasteiger partial charge on any atom is 0.410 e. The lowest BCUT2D eigenvalue weighted by Crippen LogP contribution is -2.52. The number of carbonyl (C=O) groups is 1. The molecule has 0 radical (unpaired) electrons. The van der Waals surface area contributed by atoms with Crippen LogP contribution in [-0.2, 0) is 17.8 Å². The summed E-state index contributed by atoms with van der Waals surface area (Å²) in [4.78, 5) is 14.5. The molecule has 4 rings (SSSR count). The summed E-state index contributed by atoms with van der Waals surface area (Å²) in [5, 5.41) is 0. The number of amides is 1. The lowest BCUT2D eigenvalue weighted by Gasteiger charge is -2.44. The van der Waals surface area contributed by atoms with E-state index >= 15 is 0 Å². The minimum atomic E-state index is -0.819. The Hall–Kier alpha value is -2.69. The second-order valence-electron chi connectivity index (χ2n) is 7.52. The number of benzene rings is 2. The van der Waals surface area contributed by atoms with Gasteiger partial charge in [0.25, 0.3) is 0 Å². The molecule has 2 aromatic carbocycles. The first-order valence-corrected chi connectivity index (χ1v) is 9.73. The van der Waals surface area contributed by atoms with Crippen LogP contribution in [0.4, 0.5) is 13.6 Å².